The number of hydrogen-bond acceptors (Lipinski definition) is 6. The van der Waals surface area contributed by atoms with Crippen molar-refractivity contribution in [2.75, 3.05) is 38.2 Å². The molecule has 1 aromatic heterocycles. The molecule has 0 bridgehead atoms. The van der Waals surface area contributed by atoms with E-state index in [4.69, 9.17) is 4.74 Å². The van der Waals surface area contributed by atoms with Gasteiger partial charge in [-0.3, -0.25) is 4.90 Å². The predicted molar refractivity (Wildman–Crippen MR) is 69.4 cm³/mol. The molecule has 1 aliphatic heterocycles. The van der Waals surface area contributed by atoms with Crippen LogP contribution in [0.25, 0.3) is 0 Å². The third-order valence-electron chi connectivity index (χ3n) is 2.67. The second-order valence-corrected chi connectivity index (χ2v) is 5.23. The average molecular weight is 256 g/mol. The Bertz CT molecular complexity index is 323. The number of ether oxygens (including phenoxy) is 1. The molecule has 0 atom stereocenters. The molecule has 0 radical (unpaired) electrons. The summed E-state index contributed by atoms with van der Waals surface area (Å²) < 4.78 is 5.43. The smallest absolute Gasteiger partial charge is 0.205 e. The second-order valence-electron chi connectivity index (χ2n) is 4.17. The third kappa shape index (κ3) is 4.22. The van der Waals surface area contributed by atoms with Crippen LogP contribution < -0.4 is 5.32 Å². The molecule has 1 saturated heterocycles. The van der Waals surface area contributed by atoms with Crippen molar-refractivity contribution in [3.63, 3.8) is 0 Å². The molecule has 96 valence electrons. The molecule has 1 N–H and O–H groups in total. The van der Waals surface area contributed by atoms with Crippen molar-refractivity contribution < 1.29 is 4.74 Å². The zero-order valence-corrected chi connectivity index (χ0v) is 11.1. The van der Waals surface area contributed by atoms with Gasteiger partial charge >= 0.3 is 0 Å². The molecule has 17 heavy (non-hydrogen) atoms. The van der Waals surface area contributed by atoms with Crippen LogP contribution in [0.5, 0.6) is 0 Å². The van der Waals surface area contributed by atoms with Gasteiger partial charge in [0.1, 0.15) is 5.01 Å². The fourth-order valence-electron chi connectivity index (χ4n) is 1.77. The second kappa shape index (κ2) is 6.88. The normalized spacial score (nSPS) is 17.9. The summed E-state index contributed by atoms with van der Waals surface area (Å²) in [7, 11) is 0. The Morgan fingerprint density at radius 2 is 2.29 bits per heavy atom. The largest absolute Gasteiger partial charge is 0.380 e. The van der Waals surface area contributed by atoms with Crippen molar-refractivity contribution >= 4 is 16.5 Å². The Morgan fingerprint density at radius 1 is 1.35 bits per heavy atom. The molecule has 0 spiro atoms. The predicted octanol–water partition coefficient (Wildman–Crippen LogP) is 1.58. The van der Waals surface area contributed by atoms with Gasteiger partial charge in [0, 0.05) is 26.2 Å². The first-order chi connectivity index (χ1) is 8.38. The molecule has 1 aliphatic rings. The first-order valence-corrected chi connectivity index (χ1v) is 7.06. The maximum Gasteiger partial charge on any atom is 0.205 e. The number of hydrogen-bond donors (Lipinski definition) is 1. The molecule has 0 unspecified atom stereocenters. The average Bonchev–Trinajstić information content (AvgIpc) is 2.61. The van der Waals surface area contributed by atoms with Gasteiger partial charge in [0.15, 0.2) is 0 Å². The molecule has 0 saturated carbocycles. The van der Waals surface area contributed by atoms with Crippen molar-refractivity contribution in [1.29, 1.82) is 0 Å². The maximum atomic E-state index is 5.43. The van der Waals surface area contributed by atoms with E-state index >= 15 is 0 Å². The van der Waals surface area contributed by atoms with Gasteiger partial charge in [0.05, 0.1) is 13.2 Å². The van der Waals surface area contributed by atoms with Crippen LogP contribution in [-0.4, -0.2) is 47.9 Å². The van der Waals surface area contributed by atoms with Crippen molar-refractivity contribution in [2.45, 2.75) is 26.3 Å². The lowest BCUT2D eigenvalue weighted by molar-refractivity contribution is 0.140. The van der Waals surface area contributed by atoms with Crippen LogP contribution in [0.3, 0.4) is 0 Å². The summed E-state index contributed by atoms with van der Waals surface area (Å²) in [5.74, 6) is 0. The van der Waals surface area contributed by atoms with Gasteiger partial charge in [0.25, 0.3) is 0 Å². The lowest BCUT2D eigenvalue weighted by Gasteiger charge is -2.16. The summed E-state index contributed by atoms with van der Waals surface area (Å²) >= 11 is 1.66. The van der Waals surface area contributed by atoms with Gasteiger partial charge in [-0.15, -0.1) is 10.2 Å². The quantitative estimate of drug-likeness (QED) is 0.867. The van der Waals surface area contributed by atoms with Gasteiger partial charge in [-0.05, 0) is 12.8 Å². The molecule has 2 heterocycles. The van der Waals surface area contributed by atoms with E-state index in [1.807, 2.05) is 0 Å². The van der Waals surface area contributed by atoms with Crippen LogP contribution >= 0.6 is 11.3 Å². The molecule has 1 fully saturated rings. The van der Waals surface area contributed by atoms with Crippen LogP contribution in [0.15, 0.2) is 0 Å². The van der Waals surface area contributed by atoms with E-state index in [1.165, 1.54) is 0 Å². The van der Waals surface area contributed by atoms with E-state index in [0.29, 0.717) is 0 Å². The Balaban J connectivity index is 1.82. The SMILES string of the molecule is CCCNc1nnc(CN2CCCOCC2)s1. The maximum absolute atomic E-state index is 5.43. The van der Waals surface area contributed by atoms with Gasteiger partial charge in [-0.2, -0.15) is 0 Å². The van der Waals surface area contributed by atoms with Gasteiger partial charge in [-0.1, -0.05) is 18.3 Å². The highest BCUT2D eigenvalue weighted by molar-refractivity contribution is 7.15. The Labute approximate surface area is 106 Å². The van der Waals surface area contributed by atoms with Crippen LogP contribution in [-0.2, 0) is 11.3 Å². The zero-order chi connectivity index (χ0) is 11.9. The summed E-state index contributed by atoms with van der Waals surface area (Å²) in [6, 6.07) is 0. The van der Waals surface area contributed by atoms with Crippen molar-refractivity contribution in [3.8, 4) is 0 Å². The van der Waals surface area contributed by atoms with E-state index < -0.39 is 0 Å². The first kappa shape index (κ1) is 12.7. The highest BCUT2D eigenvalue weighted by Crippen LogP contribution is 2.17. The lowest BCUT2D eigenvalue weighted by atomic mass is 10.4. The third-order valence-corrected chi connectivity index (χ3v) is 3.53. The highest BCUT2D eigenvalue weighted by Gasteiger charge is 2.12. The van der Waals surface area contributed by atoms with Crippen LogP contribution in [0.2, 0.25) is 0 Å². The van der Waals surface area contributed by atoms with Crippen LogP contribution in [0.1, 0.15) is 24.8 Å². The summed E-state index contributed by atoms with van der Waals surface area (Å²) in [6.07, 6.45) is 2.22. The minimum atomic E-state index is 0.833. The minimum absolute atomic E-state index is 0.833. The summed E-state index contributed by atoms with van der Waals surface area (Å²) in [5, 5.41) is 13.7. The molecule has 5 nitrogen and oxygen atoms in total. The van der Waals surface area contributed by atoms with Gasteiger partial charge in [-0.25, -0.2) is 0 Å². The Morgan fingerprint density at radius 3 is 3.18 bits per heavy atom. The highest BCUT2D eigenvalue weighted by atomic mass is 32.1. The van der Waals surface area contributed by atoms with E-state index in [9.17, 15) is 0 Å². The molecule has 0 aromatic carbocycles. The monoisotopic (exact) mass is 256 g/mol. The molecule has 1 aromatic rings. The van der Waals surface area contributed by atoms with Crippen molar-refractivity contribution in [1.82, 2.24) is 15.1 Å². The molecule has 0 aliphatic carbocycles. The molecule has 2 rings (SSSR count). The van der Waals surface area contributed by atoms with Crippen LogP contribution in [0.4, 0.5) is 5.13 Å². The molecule has 0 amide bonds. The topological polar surface area (TPSA) is 50.3 Å². The van der Waals surface area contributed by atoms with Crippen molar-refractivity contribution in [2.24, 2.45) is 0 Å². The van der Waals surface area contributed by atoms with Gasteiger partial charge in [0.2, 0.25) is 5.13 Å². The number of nitrogens with one attached hydrogen (secondary N) is 1. The lowest BCUT2D eigenvalue weighted by Crippen LogP contribution is -2.25. The standard InChI is InChI=1S/C11H20N4OS/c1-2-4-12-11-14-13-10(17-11)9-15-5-3-7-16-8-6-15/h2-9H2,1H3,(H,12,14). The first-order valence-electron chi connectivity index (χ1n) is 6.25. The number of anilines is 1. The minimum Gasteiger partial charge on any atom is -0.380 e. The fourth-order valence-corrected chi connectivity index (χ4v) is 2.58. The van der Waals surface area contributed by atoms with Crippen molar-refractivity contribution in [3.05, 3.63) is 5.01 Å². The summed E-state index contributed by atoms with van der Waals surface area (Å²) in [5.41, 5.74) is 0. The van der Waals surface area contributed by atoms with E-state index in [1.54, 1.807) is 11.3 Å². The number of aromatic nitrogens is 2. The summed E-state index contributed by atoms with van der Waals surface area (Å²) in [6.45, 7) is 7.82. The van der Waals surface area contributed by atoms with Crippen LogP contribution in [0, 0.1) is 0 Å². The summed E-state index contributed by atoms with van der Waals surface area (Å²) in [4.78, 5) is 2.39. The molecular formula is C11H20N4OS. The van der Waals surface area contributed by atoms with E-state index in [0.717, 1.165) is 62.4 Å². The van der Waals surface area contributed by atoms with E-state index in [-0.39, 0.29) is 0 Å². The molecular weight excluding hydrogens is 236 g/mol. The molecule has 6 heteroatoms. The fraction of sp³-hybridized carbons (Fsp3) is 0.818. The van der Waals surface area contributed by atoms with E-state index in [2.05, 4.69) is 27.3 Å². The number of rotatable bonds is 5. The Kier molecular flexibility index (Phi) is 5.15. The Hall–Kier alpha value is -0.720. The zero-order valence-electron chi connectivity index (χ0n) is 10.3. The number of nitrogens with zero attached hydrogens (tertiary/aromatic N) is 3. The van der Waals surface area contributed by atoms with Gasteiger partial charge < -0.3 is 10.1 Å².